The normalized spacial score (nSPS) is 11.9. The Morgan fingerprint density at radius 1 is 0.960 bits per heavy atom. The number of aryl methyl sites for hydroxylation is 1. The van der Waals surface area contributed by atoms with Gasteiger partial charge in [-0.05, 0) is 42.8 Å². The molecule has 0 bridgehead atoms. The molecule has 136 valence electrons. The molecular weight excluding hydrogens is 364 g/mol. The van der Waals surface area contributed by atoms with Gasteiger partial charge in [0.2, 0.25) is 10.0 Å². The first-order valence-electron chi connectivity index (χ1n) is 7.43. The van der Waals surface area contributed by atoms with Gasteiger partial charge in [-0.2, -0.15) is 0 Å². The average molecular weight is 384 g/mol. The van der Waals surface area contributed by atoms with Crippen molar-refractivity contribution in [2.75, 3.05) is 24.1 Å². The van der Waals surface area contributed by atoms with E-state index >= 15 is 0 Å². The van der Waals surface area contributed by atoms with Crippen LogP contribution in [0.4, 0.5) is 5.69 Å². The van der Waals surface area contributed by atoms with Crippen molar-refractivity contribution in [2.24, 2.45) is 0 Å². The van der Waals surface area contributed by atoms with Gasteiger partial charge >= 0.3 is 0 Å². The van der Waals surface area contributed by atoms with E-state index < -0.39 is 20.0 Å². The van der Waals surface area contributed by atoms with Gasteiger partial charge in [0, 0.05) is 6.54 Å². The fourth-order valence-corrected chi connectivity index (χ4v) is 3.59. The molecule has 0 saturated heterocycles. The van der Waals surface area contributed by atoms with E-state index in [1.807, 2.05) is 19.1 Å². The van der Waals surface area contributed by atoms with E-state index in [0.29, 0.717) is 11.4 Å². The molecule has 2 aromatic rings. The van der Waals surface area contributed by atoms with E-state index in [-0.39, 0.29) is 18.0 Å². The topological polar surface area (TPSA) is 102 Å². The minimum Gasteiger partial charge on any atom is -0.492 e. The number of sulfonamides is 2. The van der Waals surface area contributed by atoms with Crippen LogP contribution in [0, 0.1) is 6.92 Å². The highest BCUT2D eigenvalue weighted by molar-refractivity contribution is 7.92. The van der Waals surface area contributed by atoms with E-state index in [9.17, 15) is 16.8 Å². The van der Waals surface area contributed by atoms with Gasteiger partial charge in [-0.1, -0.05) is 18.2 Å². The third kappa shape index (κ3) is 6.04. The summed E-state index contributed by atoms with van der Waals surface area (Å²) in [6.07, 6.45) is 1.06. The van der Waals surface area contributed by atoms with Crippen LogP contribution in [0.3, 0.4) is 0 Å². The van der Waals surface area contributed by atoms with Crippen LogP contribution >= 0.6 is 0 Å². The van der Waals surface area contributed by atoms with E-state index in [4.69, 9.17) is 4.74 Å². The molecule has 0 aliphatic rings. The third-order valence-corrected chi connectivity index (χ3v) is 5.37. The predicted molar refractivity (Wildman–Crippen MR) is 96.8 cm³/mol. The van der Waals surface area contributed by atoms with Crippen LogP contribution in [-0.4, -0.2) is 36.2 Å². The van der Waals surface area contributed by atoms with Gasteiger partial charge in [0.1, 0.15) is 12.4 Å². The zero-order chi connectivity index (χ0) is 18.5. The van der Waals surface area contributed by atoms with Gasteiger partial charge in [-0.15, -0.1) is 0 Å². The first kappa shape index (κ1) is 19.2. The summed E-state index contributed by atoms with van der Waals surface area (Å²) in [5.41, 5.74) is 1.35. The monoisotopic (exact) mass is 384 g/mol. The summed E-state index contributed by atoms with van der Waals surface area (Å²) in [6, 6.07) is 13.0. The quantitative estimate of drug-likeness (QED) is 0.675. The van der Waals surface area contributed by atoms with Gasteiger partial charge in [0.05, 0.1) is 16.8 Å². The first-order chi connectivity index (χ1) is 11.7. The summed E-state index contributed by atoms with van der Waals surface area (Å²) < 4.78 is 56.9. The summed E-state index contributed by atoms with van der Waals surface area (Å²) in [6.45, 7) is 2.09. The molecule has 0 aromatic heterocycles. The maximum atomic E-state index is 12.4. The predicted octanol–water partition coefficient (Wildman–Crippen LogP) is 1.72. The average Bonchev–Trinajstić information content (AvgIpc) is 2.53. The molecule has 0 radical (unpaired) electrons. The van der Waals surface area contributed by atoms with Gasteiger partial charge in [0.15, 0.2) is 0 Å². The Morgan fingerprint density at radius 3 is 2.20 bits per heavy atom. The lowest BCUT2D eigenvalue weighted by molar-refractivity contribution is 0.322. The van der Waals surface area contributed by atoms with E-state index in [2.05, 4.69) is 9.44 Å². The number of anilines is 1. The minimum absolute atomic E-state index is 0.109. The highest BCUT2D eigenvalue weighted by atomic mass is 32.2. The van der Waals surface area contributed by atoms with Gasteiger partial charge in [0.25, 0.3) is 10.0 Å². The van der Waals surface area contributed by atoms with Crippen molar-refractivity contribution in [3.8, 4) is 5.75 Å². The summed E-state index contributed by atoms with van der Waals surface area (Å²) in [5, 5.41) is 0. The molecule has 0 amide bonds. The van der Waals surface area contributed by atoms with Gasteiger partial charge in [-0.25, -0.2) is 21.6 Å². The van der Waals surface area contributed by atoms with Crippen LogP contribution in [0.1, 0.15) is 5.56 Å². The van der Waals surface area contributed by atoms with Crippen LogP contribution in [0.5, 0.6) is 5.75 Å². The second-order valence-electron chi connectivity index (χ2n) is 5.41. The highest BCUT2D eigenvalue weighted by Gasteiger charge is 2.15. The Hall–Kier alpha value is -2.10. The molecular formula is C16H20N2O5S2. The molecule has 0 atom stereocenters. The number of benzene rings is 2. The Kier molecular flexibility index (Phi) is 6.04. The lowest BCUT2D eigenvalue weighted by atomic mass is 10.2. The molecule has 7 nitrogen and oxygen atoms in total. The van der Waals surface area contributed by atoms with Crippen LogP contribution in [-0.2, 0) is 20.0 Å². The van der Waals surface area contributed by atoms with Crippen LogP contribution in [0.2, 0.25) is 0 Å². The number of hydrogen-bond donors (Lipinski definition) is 2. The second kappa shape index (κ2) is 7.85. The Balaban J connectivity index is 2.00. The number of para-hydroxylation sites is 1. The molecule has 2 N–H and O–H groups in total. The molecule has 25 heavy (non-hydrogen) atoms. The van der Waals surface area contributed by atoms with Gasteiger partial charge < -0.3 is 4.74 Å². The van der Waals surface area contributed by atoms with Gasteiger partial charge in [-0.3, -0.25) is 4.72 Å². The standard InChI is InChI=1S/C16H20N2O5S2/c1-13-5-3-4-6-16(13)18-25(21,22)15-9-7-14(8-10-15)23-12-11-17-24(2,19)20/h3-10,17-18H,11-12H2,1-2H3. The molecule has 0 fully saturated rings. The smallest absolute Gasteiger partial charge is 0.261 e. The second-order valence-corrected chi connectivity index (χ2v) is 8.92. The number of hydrogen-bond acceptors (Lipinski definition) is 5. The lowest BCUT2D eigenvalue weighted by Gasteiger charge is -2.11. The molecule has 0 spiro atoms. The lowest BCUT2D eigenvalue weighted by Crippen LogP contribution is -2.26. The Morgan fingerprint density at radius 2 is 1.60 bits per heavy atom. The van der Waals surface area contributed by atoms with Crippen molar-refractivity contribution in [1.82, 2.24) is 4.72 Å². The Bertz CT molecular complexity index is 923. The fraction of sp³-hybridized carbons (Fsp3) is 0.250. The summed E-state index contributed by atoms with van der Waals surface area (Å²) in [7, 11) is -6.95. The first-order valence-corrected chi connectivity index (χ1v) is 10.8. The van der Waals surface area contributed by atoms with Crippen LogP contribution in [0.25, 0.3) is 0 Å². The zero-order valence-corrected chi connectivity index (χ0v) is 15.5. The van der Waals surface area contributed by atoms with Crippen molar-refractivity contribution in [3.05, 3.63) is 54.1 Å². The maximum absolute atomic E-state index is 12.4. The molecule has 0 aliphatic carbocycles. The molecule has 0 unspecified atom stereocenters. The van der Waals surface area contributed by atoms with Crippen LogP contribution in [0.15, 0.2) is 53.4 Å². The molecule has 0 saturated carbocycles. The summed E-state index contributed by atoms with van der Waals surface area (Å²) >= 11 is 0. The third-order valence-electron chi connectivity index (χ3n) is 3.26. The molecule has 9 heteroatoms. The maximum Gasteiger partial charge on any atom is 0.261 e. The SMILES string of the molecule is Cc1ccccc1NS(=O)(=O)c1ccc(OCCNS(C)(=O)=O)cc1. The van der Waals surface area contributed by atoms with Crippen molar-refractivity contribution in [2.45, 2.75) is 11.8 Å². The molecule has 0 aliphatic heterocycles. The number of nitrogens with one attached hydrogen (secondary N) is 2. The molecule has 0 heterocycles. The van der Waals surface area contributed by atoms with E-state index in [0.717, 1.165) is 11.8 Å². The Labute approximate surface area is 148 Å². The van der Waals surface area contributed by atoms with Crippen molar-refractivity contribution in [1.29, 1.82) is 0 Å². The molecule has 2 aromatic carbocycles. The molecule has 2 rings (SSSR count). The highest BCUT2D eigenvalue weighted by Crippen LogP contribution is 2.21. The zero-order valence-electron chi connectivity index (χ0n) is 13.9. The minimum atomic E-state index is -3.69. The van der Waals surface area contributed by atoms with Crippen molar-refractivity contribution < 1.29 is 21.6 Å². The van der Waals surface area contributed by atoms with Crippen molar-refractivity contribution >= 4 is 25.7 Å². The van der Waals surface area contributed by atoms with E-state index in [1.54, 1.807) is 12.1 Å². The van der Waals surface area contributed by atoms with Crippen LogP contribution < -0.4 is 14.2 Å². The van der Waals surface area contributed by atoms with Crippen molar-refractivity contribution in [3.63, 3.8) is 0 Å². The largest absolute Gasteiger partial charge is 0.492 e. The summed E-state index contributed by atoms with van der Waals surface area (Å²) in [5.74, 6) is 0.449. The number of ether oxygens (including phenoxy) is 1. The van der Waals surface area contributed by atoms with E-state index in [1.165, 1.54) is 24.3 Å². The fourth-order valence-electron chi connectivity index (χ4n) is 2.00. The number of rotatable bonds is 8. The summed E-state index contributed by atoms with van der Waals surface area (Å²) in [4.78, 5) is 0.109.